The molecule has 1 aromatic heterocycles. The molecule has 0 atom stereocenters. The van der Waals surface area contributed by atoms with Gasteiger partial charge in [-0.05, 0) is 30.2 Å². The van der Waals surface area contributed by atoms with E-state index in [1.54, 1.807) is 6.07 Å². The van der Waals surface area contributed by atoms with Crippen molar-refractivity contribution in [2.45, 2.75) is 6.92 Å². The van der Waals surface area contributed by atoms with Crippen LogP contribution in [0.4, 0.5) is 4.39 Å². The van der Waals surface area contributed by atoms with Crippen molar-refractivity contribution in [1.29, 1.82) is 0 Å². The summed E-state index contributed by atoms with van der Waals surface area (Å²) < 4.78 is 15.7. The first kappa shape index (κ1) is 12.8. The van der Waals surface area contributed by atoms with E-state index in [9.17, 15) is 4.39 Å². The number of rotatable bonds is 2. The summed E-state index contributed by atoms with van der Waals surface area (Å²) in [6, 6.07) is 14.3. The topological polar surface area (TPSA) is 30.7 Å². The second-order valence-electron chi connectivity index (χ2n) is 4.40. The van der Waals surface area contributed by atoms with Gasteiger partial charge in [-0.1, -0.05) is 42.5 Å². The predicted molar refractivity (Wildman–Crippen MR) is 76.5 cm³/mol. The molecule has 0 spiro atoms. The van der Waals surface area contributed by atoms with Crippen molar-refractivity contribution >= 4 is 11.6 Å². The standard InChI is InChI=1S/C15H11ClFN3/c1-10-6-5-9-12(17)13(10)20-14(18-19-15(20)16)11-7-3-2-4-8-11/h2-9H,1H3. The lowest BCUT2D eigenvalue weighted by atomic mass is 10.1. The van der Waals surface area contributed by atoms with Crippen molar-refractivity contribution in [3.8, 4) is 17.1 Å². The largest absolute Gasteiger partial charge is 0.262 e. The summed E-state index contributed by atoms with van der Waals surface area (Å²) in [5.41, 5.74) is 1.97. The molecule has 3 nitrogen and oxygen atoms in total. The van der Waals surface area contributed by atoms with E-state index in [0.29, 0.717) is 11.5 Å². The Bertz CT molecular complexity index is 733. The van der Waals surface area contributed by atoms with Gasteiger partial charge < -0.3 is 0 Å². The van der Waals surface area contributed by atoms with Gasteiger partial charge in [0.1, 0.15) is 5.82 Å². The zero-order valence-corrected chi connectivity index (χ0v) is 11.5. The van der Waals surface area contributed by atoms with Crippen LogP contribution in [0.5, 0.6) is 0 Å². The molecule has 3 aromatic rings. The highest BCUT2D eigenvalue weighted by molar-refractivity contribution is 6.28. The molecule has 0 saturated heterocycles. The Kier molecular flexibility index (Phi) is 3.24. The van der Waals surface area contributed by atoms with Crippen LogP contribution < -0.4 is 0 Å². The minimum absolute atomic E-state index is 0.136. The first-order valence-corrected chi connectivity index (χ1v) is 6.48. The SMILES string of the molecule is Cc1cccc(F)c1-n1c(Cl)nnc1-c1ccccc1. The Morgan fingerprint density at radius 3 is 2.45 bits per heavy atom. The number of para-hydroxylation sites is 1. The first-order valence-electron chi connectivity index (χ1n) is 6.10. The maximum atomic E-state index is 14.2. The van der Waals surface area contributed by atoms with Crippen LogP contribution in [0.25, 0.3) is 17.1 Å². The van der Waals surface area contributed by atoms with Gasteiger partial charge in [0.2, 0.25) is 5.28 Å². The maximum absolute atomic E-state index is 14.2. The minimum Gasteiger partial charge on any atom is -0.262 e. The van der Waals surface area contributed by atoms with Gasteiger partial charge in [0, 0.05) is 5.56 Å². The predicted octanol–water partition coefficient (Wildman–Crippen LogP) is 4.04. The lowest BCUT2D eigenvalue weighted by Crippen LogP contribution is -2.03. The lowest BCUT2D eigenvalue weighted by Gasteiger charge is -2.11. The molecule has 0 fully saturated rings. The highest BCUT2D eigenvalue weighted by Crippen LogP contribution is 2.28. The molecule has 0 amide bonds. The minimum atomic E-state index is -0.358. The van der Waals surface area contributed by atoms with Gasteiger partial charge in [-0.15, -0.1) is 10.2 Å². The third-order valence-corrected chi connectivity index (χ3v) is 3.31. The van der Waals surface area contributed by atoms with Gasteiger partial charge >= 0.3 is 0 Å². The number of benzene rings is 2. The van der Waals surface area contributed by atoms with Crippen LogP contribution in [0.2, 0.25) is 5.28 Å². The molecule has 0 unspecified atom stereocenters. The summed E-state index contributed by atoms with van der Waals surface area (Å²) >= 11 is 6.10. The average Bonchev–Trinajstić information content (AvgIpc) is 2.82. The molecule has 0 aliphatic carbocycles. The zero-order chi connectivity index (χ0) is 14.1. The highest BCUT2D eigenvalue weighted by Gasteiger charge is 2.18. The smallest absolute Gasteiger partial charge is 0.230 e. The van der Waals surface area contributed by atoms with Crippen molar-refractivity contribution in [3.63, 3.8) is 0 Å². The molecule has 100 valence electrons. The van der Waals surface area contributed by atoms with Gasteiger partial charge in [0.15, 0.2) is 5.82 Å². The van der Waals surface area contributed by atoms with Crippen LogP contribution in [0.15, 0.2) is 48.5 Å². The summed E-state index contributed by atoms with van der Waals surface area (Å²) in [5, 5.41) is 8.06. The zero-order valence-electron chi connectivity index (χ0n) is 10.7. The fraction of sp³-hybridized carbons (Fsp3) is 0.0667. The molecular weight excluding hydrogens is 277 g/mol. The van der Waals surface area contributed by atoms with E-state index in [-0.39, 0.29) is 11.1 Å². The van der Waals surface area contributed by atoms with E-state index in [1.165, 1.54) is 10.6 Å². The van der Waals surface area contributed by atoms with Gasteiger partial charge in [-0.25, -0.2) is 4.39 Å². The number of hydrogen-bond donors (Lipinski definition) is 0. The van der Waals surface area contributed by atoms with E-state index in [2.05, 4.69) is 10.2 Å². The lowest BCUT2D eigenvalue weighted by molar-refractivity contribution is 0.617. The van der Waals surface area contributed by atoms with Crippen molar-refractivity contribution < 1.29 is 4.39 Å². The third-order valence-electron chi connectivity index (χ3n) is 3.07. The molecule has 1 heterocycles. The molecule has 0 aliphatic heterocycles. The van der Waals surface area contributed by atoms with E-state index < -0.39 is 0 Å². The molecule has 3 rings (SSSR count). The van der Waals surface area contributed by atoms with E-state index in [0.717, 1.165) is 11.1 Å². The van der Waals surface area contributed by atoms with Crippen LogP contribution in [-0.2, 0) is 0 Å². The third kappa shape index (κ3) is 2.08. The molecule has 0 bridgehead atoms. The summed E-state index contributed by atoms with van der Waals surface area (Å²) in [6.45, 7) is 1.82. The Morgan fingerprint density at radius 2 is 1.75 bits per heavy atom. The number of aromatic nitrogens is 3. The van der Waals surface area contributed by atoms with Gasteiger partial charge in [0.25, 0.3) is 0 Å². The monoisotopic (exact) mass is 287 g/mol. The first-order chi connectivity index (χ1) is 9.68. The Labute approximate surface area is 120 Å². The summed E-state index contributed by atoms with van der Waals surface area (Å²) in [5.74, 6) is 0.160. The Balaban J connectivity index is 2.28. The summed E-state index contributed by atoms with van der Waals surface area (Å²) in [7, 11) is 0. The van der Waals surface area contributed by atoms with E-state index >= 15 is 0 Å². The molecule has 0 aliphatic rings. The maximum Gasteiger partial charge on any atom is 0.230 e. The Hall–Kier alpha value is -2.20. The van der Waals surface area contributed by atoms with Crippen LogP contribution >= 0.6 is 11.6 Å². The second kappa shape index (κ2) is 5.06. The van der Waals surface area contributed by atoms with Crippen LogP contribution in [0.3, 0.4) is 0 Å². The number of halogens is 2. The van der Waals surface area contributed by atoms with Crippen LogP contribution in [0, 0.1) is 12.7 Å². The summed E-state index contributed by atoms with van der Waals surface area (Å²) in [6.07, 6.45) is 0. The highest BCUT2D eigenvalue weighted by atomic mass is 35.5. The molecule has 2 aromatic carbocycles. The van der Waals surface area contributed by atoms with Gasteiger partial charge in [0.05, 0.1) is 5.69 Å². The van der Waals surface area contributed by atoms with Crippen molar-refractivity contribution in [3.05, 3.63) is 65.2 Å². The van der Waals surface area contributed by atoms with Gasteiger partial charge in [-0.2, -0.15) is 0 Å². The molecule has 20 heavy (non-hydrogen) atoms. The van der Waals surface area contributed by atoms with E-state index in [4.69, 9.17) is 11.6 Å². The number of nitrogens with zero attached hydrogens (tertiary/aromatic N) is 3. The molecule has 0 saturated carbocycles. The molecule has 5 heteroatoms. The van der Waals surface area contributed by atoms with E-state index in [1.807, 2.05) is 43.3 Å². The number of aryl methyl sites for hydroxylation is 1. The fourth-order valence-electron chi connectivity index (χ4n) is 2.14. The normalized spacial score (nSPS) is 10.8. The van der Waals surface area contributed by atoms with Crippen LogP contribution in [0.1, 0.15) is 5.56 Å². The van der Waals surface area contributed by atoms with Crippen molar-refractivity contribution in [2.24, 2.45) is 0 Å². The van der Waals surface area contributed by atoms with Gasteiger partial charge in [-0.3, -0.25) is 4.57 Å². The molecule has 0 N–H and O–H groups in total. The average molecular weight is 288 g/mol. The summed E-state index contributed by atoms with van der Waals surface area (Å²) in [4.78, 5) is 0. The van der Waals surface area contributed by atoms with Crippen LogP contribution in [-0.4, -0.2) is 14.8 Å². The molecular formula is C15H11ClFN3. The molecule has 0 radical (unpaired) electrons. The Morgan fingerprint density at radius 1 is 1.00 bits per heavy atom. The van der Waals surface area contributed by atoms with Crippen molar-refractivity contribution in [2.75, 3.05) is 0 Å². The second-order valence-corrected chi connectivity index (χ2v) is 4.74. The number of hydrogen-bond acceptors (Lipinski definition) is 2. The fourth-order valence-corrected chi connectivity index (χ4v) is 2.35. The quantitative estimate of drug-likeness (QED) is 0.712. The van der Waals surface area contributed by atoms with Crippen molar-refractivity contribution in [1.82, 2.24) is 14.8 Å².